The normalized spacial score (nSPS) is 10.7. The van der Waals surface area contributed by atoms with Crippen LogP contribution in [-0.4, -0.2) is 25.2 Å². The van der Waals surface area contributed by atoms with Crippen LogP contribution in [0.4, 0.5) is 0 Å². The van der Waals surface area contributed by atoms with Crippen LogP contribution in [-0.2, 0) is 0 Å². The number of hydrogen-bond acceptors (Lipinski definition) is 3. The Hall–Kier alpha value is -1.09. The van der Waals surface area contributed by atoms with Crippen molar-refractivity contribution in [2.24, 2.45) is 0 Å². The molecule has 0 aliphatic rings. The number of hydrogen-bond donors (Lipinski definition) is 1. The van der Waals surface area contributed by atoms with Gasteiger partial charge in [0.1, 0.15) is 0 Å². The Kier molecular flexibility index (Phi) is 5.12. The van der Waals surface area contributed by atoms with Crippen LogP contribution in [0.1, 0.15) is 31.7 Å². The van der Waals surface area contributed by atoms with Gasteiger partial charge in [0.05, 0.1) is 6.61 Å². The molecule has 0 radical (unpaired) electrons. The first kappa shape index (κ1) is 12.0. The van der Waals surface area contributed by atoms with E-state index in [0.29, 0.717) is 5.92 Å². The highest BCUT2D eigenvalue weighted by atomic mass is 16.5. The van der Waals surface area contributed by atoms with E-state index in [2.05, 4.69) is 30.2 Å². The summed E-state index contributed by atoms with van der Waals surface area (Å²) in [6.07, 6.45) is 2.89. The van der Waals surface area contributed by atoms with Crippen molar-refractivity contribution in [3.05, 3.63) is 23.9 Å². The molecular formula is C12H20N2O. The van der Waals surface area contributed by atoms with Crippen LogP contribution in [0.25, 0.3) is 0 Å². The van der Waals surface area contributed by atoms with Gasteiger partial charge in [0.15, 0.2) is 0 Å². The van der Waals surface area contributed by atoms with Crippen molar-refractivity contribution in [2.45, 2.75) is 26.2 Å². The Balaban J connectivity index is 2.36. The lowest BCUT2D eigenvalue weighted by atomic mass is 10.1. The van der Waals surface area contributed by atoms with Crippen LogP contribution in [0.5, 0.6) is 5.88 Å². The zero-order valence-electron chi connectivity index (χ0n) is 9.79. The molecule has 1 heterocycles. The third kappa shape index (κ3) is 4.30. The third-order valence-electron chi connectivity index (χ3n) is 2.25. The fourth-order valence-corrected chi connectivity index (χ4v) is 1.24. The summed E-state index contributed by atoms with van der Waals surface area (Å²) in [5.41, 5.74) is 1.25. The molecule has 0 bridgehead atoms. The van der Waals surface area contributed by atoms with E-state index in [1.807, 2.05) is 19.3 Å². The van der Waals surface area contributed by atoms with Gasteiger partial charge in [-0.25, -0.2) is 4.98 Å². The highest BCUT2D eigenvalue weighted by molar-refractivity contribution is 5.20. The molecule has 0 spiro atoms. The Morgan fingerprint density at radius 2 is 2.20 bits per heavy atom. The van der Waals surface area contributed by atoms with E-state index < -0.39 is 0 Å². The van der Waals surface area contributed by atoms with Gasteiger partial charge < -0.3 is 10.1 Å². The van der Waals surface area contributed by atoms with Gasteiger partial charge in [-0.15, -0.1) is 0 Å². The molecule has 0 aliphatic heterocycles. The zero-order chi connectivity index (χ0) is 11.1. The van der Waals surface area contributed by atoms with E-state index in [0.717, 1.165) is 25.5 Å². The second kappa shape index (κ2) is 6.40. The number of nitrogens with one attached hydrogen (secondary N) is 1. The average Bonchev–Trinajstić information content (AvgIpc) is 2.25. The molecule has 15 heavy (non-hydrogen) atoms. The van der Waals surface area contributed by atoms with Crippen molar-refractivity contribution < 1.29 is 4.74 Å². The average molecular weight is 208 g/mol. The van der Waals surface area contributed by atoms with Gasteiger partial charge in [0.2, 0.25) is 5.88 Å². The van der Waals surface area contributed by atoms with Gasteiger partial charge in [0.25, 0.3) is 0 Å². The van der Waals surface area contributed by atoms with E-state index in [4.69, 9.17) is 4.74 Å². The van der Waals surface area contributed by atoms with E-state index >= 15 is 0 Å². The summed E-state index contributed by atoms with van der Waals surface area (Å²) in [4.78, 5) is 4.25. The predicted molar refractivity (Wildman–Crippen MR) is 62.4 cm³/mol. The van der Waals surface area contributed by atoms with Gasteiger partial charge in [-0.1, -0.05) is 19.9 Å². The monoisotopic (exact) mass is 208 g/mol. The summed E-state index contributed by atoms with van der Waals surface area (Å²) in [6.45, 7) is 6.01. The SMILES string of the molecule is CNCCCOc1ccc(C(C)C)cn1. The first-order valence-electron chi connectivity index (χ1n) is 5.47. The minimum absolute atomic E-state index is 0.524. The Morgan fingerprint density at radius 1 is 1.40 bits per heavy atom. The maximum atomic E-state index is 5.49. The maximum absolute atomic E-state index is 5.49. The van der Waals surface area contributed by atoms with Crippen LogP contribution in [0, 0.1) is 0 Å². The fourth-order valence-electron chi connectivity index (χ4n) is 1.24. The highest BCUT2D eigenvalue weighted by Crippen LogP contribution is 2.15. The molecule has 84 valence electrons. The van der Waals surface area contributed by atoms with Crippen LogP contribution >= 0.6 is 0 Å². The molecule has 1 rings (SSSR count). The Bertz CT molecular complexity index is 269. The number of ether oxygens (including phenoxy) is 1. The van der Waals surface area contributed by atoms with Crippen molar-refractivity contribution in [3.8, 4) is 5.88 Å². The van der Waals surface area contributed by atoms with E-state index in [9.17, 15) is 0 Å². The fraction of sp³-hybridized carbons (Fsp3) is 0.583. The summed E-state index contributed by atoms with van der Waals surface area (Å²) < 4.78 is 5.49. The van der Waals surface area contributed by atoms with Crippen LogP contribution in [0.15, 0.2) is 18.3 Å². The van der Waals surface area contributed by atoms with E-state index in [1.165, 1.54) is 5.56 Å². The summed E-state index contributed by atoms with van der Waals surface area (Å²) in [5, 5.41) is 3.08. The molecule has 0 aromatic carbocycles. The topological polar surface area (TPSA) is 34.1 Å². The molecule has 0 atom stereocenters. The summed E-state index contributed by atoms with van der Waals surface area (Å²) in [5.74, 6) is 1.24. The molecule has 1 N–H and O–H groups in total. The first-order chi connectivity index (χ1) is 7.24. The lowest BCUT2D eigenvalue weighted by molar-refractivity contribution is 0.298. The lowest BCUT2D eigenvalue weighted by Crippen LogP contribution is -2.11. The quantitative estimate of drug-likeness (QED) is 0.728. The van der Waals surface area contributed by atoms with Gasteiger partial charge in [0, 0.05) is 12.3 Å². The lowest BCUT2D eigenvalue weighted by Gasteiger charge is -2.07. The van der Waals surface area contributed by atoms with Crippen molar-refractivity contribution in [3.63, 3.8) is 0 Å². The first-order valence-corrected chi connectivity index (χ1v) is 5.47. The summed E-state index contributed by atoms with van der Waals surface area (Å²) in [7, 11) is 1.94. The standard InChI is InChI=1S/C12H20N2O/c1-10(2)11-5-6-12(14-9-11)15-8-4-7-13-3/h5-6,9-10,13H,4,7-8H2,1-3H3. The smallest absolute Gasteiger partial charge is 0.213 e. The minimum Gasteiger partial charge on any atom is -0.478 e. The van der Waals surface area contributed by atoms with Gasteiger partial charge in [-0.2, -0.15) is 0 Å². The third-order valence-corrected chi connectivity index (χ3v) is 2.25. The van der Waals surface area contributed by atoms with Crippen molar-refractivity contribution in [1.82, 2.24) is 10.3 Å². The molecule has 0 saturated heterocycles. The predicted octanol–water partition coefficient (Wildman–Crippen LogP) is 2.19. The molecule has 0 fully saturated rings. The molecule has 0 unspecified atom stereocenters. The highest BCUT2D eigenvalue weighted by Gasteiger charge is 2.00. The van der Waals surface area contributed by atoms with Crippen molar-refractivity contribution >= 4 is 0 Å². The van der Waals surface area contributed by atoms with E-state index in [1.54, 1.807) is 0 Å². The van der Waals surface area contributed by atoms with Crippen LogP contribution in [0.2, 0.25) is 0 Å². The number of rotatable bonds is 6. The molecular weight excluding hydrogens is 188 g/mol. The second-order valence-electron chi connectivity index (χ2n) is 3.89. The molecule has 0 aliphatic carbocycles. The Morgan fingerprint density at radius 3 is 2.73 bits per heavy atom. The van der Waals surface area contributed by atoms with E-state index in [-0.39, 0.29) is 0 Å². The van der Waals surface area contributed by atoms with Crippen LogP contribution in [0.3, 0.4) is 0 Å². The van der Waals surface area contributed by atoms with Crippen LogP contribution < -0.4 is 10.1 Å². The molecule has 3 nitrogen and oxygen atoms in total. The summed E-state index contributed by atoms with van der Waals surface area (Å²) >= 11 is 0. The number of nitrogens with zero attached hydrogens (tertiary/aromatic N) is 1. The minimum atomic E-state index is 0.524. The largest absolute Gasteiger partial charge is 0.478 e. The maximum Gasteiger partial charge on any atom is 0.213 e. The molecule has 1 aromatic heterocycles. The zero-order valence-corrected chi connectivity index (χ0v) is 9.79. The molecule has 0 amide bonds. The van der Waals surface area contributed by atoms with Crippen molar-refractivity contribution in [2.75, 3.05) is 20.2 Å². The Labute approximate surface area is 91.9 Å². The van der Waals surface area contributed by atoms with Gasteiger partial charge in [-0.05, 0) is 31.5 Å². The van der Waals surface area contributed by atoms with Crippen molar-refractivity contribution in [1.29, 1.82) is 0 Å². The second-order valence-corrected chi connectivity index (χ2v) is 3.89. The summed E-state index contributed by atoms with van der Waals surface area (Å²) in [6, 6.07) is 4.01. The van der Waals surface area contributed by atoms with Gasteiger partial charge >= 0.3 is 0 Å². The number of aromatic nitrogens is 1. The van der Waals surface area contributed by atoms with Gasteiger partial charge in [-0.3, -0.25) is 0 Å². The molecule has 1 aromatic rings. The molecule has 3 heteroatoms. The molecule has 0 saturated carbocycles. The number of pyridine rings is 1.